The van der Waals surface area contributed by atoms with E-state index in [1.807, 2.05) is 6.92 Å². The lowest BCUT2D eigenvalue weighted by Gasteiger charge is -2.26. The molecule has 1 aliphatic rings. The molecule has 0 radical (unpaired) electrons. The van der Waals surface area contributed by atoms with Crippen molar-refractivity contribution in [1.29, 1.82) is 0 Å². The third-order valence-corrected chi connectivity index (χ3v) is 2.78. The lowest BCUT2D eigenvalue weighted by molar-refractivity contribution is -0.157. The molecule has 0 aromatic carbocycles. The van der Waals surface area contributed by atoms with Gasteiger partial charge >= 0.3 is 5.97 Å². The largest absolute Gasteiger partial charge is 0.462 e. The summed E-state index contributed by atoms with van der Waals surface area (Å²) in [5.41, 5.74) is 0. The number of hydrogen-bond acceptors (Lipinski definition) is 3. The molecule has 0 spiro atoms. The summed E-state index contributed by atoms with van der Waals surface area (Å²) in [5.74, 6) is -0.0743. The summed E-state index contributed by atoms with van der Waals surface area (Å²) in [6.45, 7) is 2.11. The van der Waals surface area contributed by atoms with Crippen molar-refractivity contribution in [3.8, 4) is 0 Å². The SMILES string of the molecule is CC(CCCCO)C(=O)OC1CCC1. The van der Waals surface area contributed by atoms with Gasteiger partial charge in [-0.15, -0.1) is 0 Å². The number of unbranched alkanes of at least 4 members (excludes halogenated alkanes) is 1. The maximum Gasteiger partial charge on any atom is 0.308 e. The number of carbonyl (C=O) groups is 1. The van der Waals surface area contributed by atoms with Crippen LogP contribution in [0.2, 0.25) is 0 Å². The summed E-state index contributed by atoms with van der Waals surface area (Å²) in [5, 5.41) is 8.59. The molecular formula is C11H20O3. The van der Waals surface area contributed by atoms with Gasteiger partial charge in [0.05, 0.1) is 5.92 Å². The van der Waals surface area contributed by atoms with Crippen LogP contribution in [-0.4, -0.2) is 23.8 Å². The van der Waals surface area contributed by atoms with Gasteiger partial charge in [0.2, 0.25) is 0 Å². The van der Waals surface area contributed by atoms with E-state index in [1.54, 1.807) is 0 Å². The second-order valence-corrected chi connectivity index (χ2v) is 4.11. The molecule has 1 unspecified atom stereocenters. The molecule has 0 heterocycles. The first kappa shape index (κ1) is 11.5. The molecule has 3 heteroatoms. The topological polar surface area (TPSA) is 46.5 Å². The summed E-state index contributed by atoms with van der Waals surface area (Å²) in [6.07, 6.45) is 5.97. The average Bonchev–Trinajstić information content (AvgIpc) is 2.11. The second-order valence-electron chi connectivity index (χ2n) is 4.11. The van der Waals surface area contributed by atoms with Crippen LogP contribution < -0.4 is 0 Å². The Bertz CT molecular complexity index is 175. The number of carbonyl (C=O) groups excluding carboxylic acids is 1. The number of ether oxygens (including phenoxy) is 1. The van der Waals surface area contributed by atoms with Gasteiger partial charge in [0.1, 0.15) is 6.10 Å². The second kappa shape index (κ2) is 6.02. The summed E-state index contributed by atoms with van der Waals surface area (Å²) < 4.78 is 5.28. The summed E-state index contributed by atoms with van der Waals surface area (Å²) in [7, 11) is 0. The fourth-order valence-corrected chi connectivity index (χ4v) is 1.45. The highest BCUT2D eigenvalue weighted by Gasteiger charge is 2.24. The standard InChI is InChI=1S/C11H20O3/c1-9(5-2-3-8-12)11(13)14-10-6-4-7-10/h9-10,12H,2-8H2,1H3. The normalized spacial score (nSPS) is 18.7. The highest BCUT2D eigenvalue weighted by atomic mass is 16.5. The summed E-state index contributed by atoms with van der Waals surface area (Å²) in [4.78, 5) is 11.5. The van der Waals surface area contributed by atoms with Gasteiger partial charge < -0.3 is 9.84 Å². The Morgan fingerprint density at radius 2 is 2.21 bits per heavy atom. The zero-order valence-electron chi connectivity index (χ0n) is 8.87. The minimum absolute atomic E-state index is 0.0119. The minimum atomic E-state index is -0.0624. The van der Waals surface area contributed by atoms with E-state index >= 15 is 0 Å². The molecule has 0 aromatic heterocycles. The monoisotopic (exact) mass is 200 g/mol. The van der Waals surface area contributed by atoms with Gasteiger partial charge in [0.15, 0.2) is 0 Å². The quantitative estimate of drug-likeness (QED) is 0.526. The van der Waals surface area contributed by atoms with E-state index in [4.69, 9.17) is 9.84 Å². The summed E-state index contributed by atoms with van der Waals surface area (Å²) in [6, 6.07) is 0. The molecule has 0 saturated heterocycles. The number of esters is 1. The van der Waals surface area contributed by atoms with Crippen molar-refractivity contribution < 1.29 is 14.6 Å². The maximum absolute atomic E-state index is 11.5. The molecule has 14 heavy (non-hydrogen) atoms. The van der Waals surface area contributed by atoms with Crippen molar-refractivity contribution in [3.05, 3.63) is 0 Å². The van der Waals surface area contributed by atoms with Crippen LogP contribution in [-0.2, 0) is 9.53 Å². The smallest absolute Gasteiger partial charge is 0.308 e. The fourth-order valence-electron chi connectivity index (χ4n) is 1.45. The van der Waals surface area contributed by atoms with Crippen LogP contribution in [0.4, 0.5) is 0 Å². The third kappa shape index (κ3) is 3.66. The Labute approximate surface area is 85.5 Å². The van der Waals surface area contributed by atoms with Crippen molar-refractivity contribution in [2.45, 2.75) is 51.6 Å². The molecule has 0 amide bonds. The van der Waals surface area contributed by atoms with Crippen LogP contribution in [0.1, 0.15) is 45.4 Å². The van der Waals surface area contributed by atoms with Gasteiger partial charge in [-0.25, -0.2) is 0 Å². The molecule has 0 aromatic rings. The van der Waals surface area contributed by atoms with Crippen LogP contribution in [0.3, 0.4) is 0 Å². The van der Waals surface area contributed by atoms with Crippen LogP contribution in [0.25, 0.3) is 0 Å². The van der Waals surface area contributed by atoms with E-state index in [1.165, 1.54) is 6.42 Å². The molecule has 1 atom stereocenters. The molecule has 0 bridgehead atoms. The van der Waals surface area contributed by atoms with Gasteiger partial charge in [-0.1, -0.05) is 13.3 Å². The third-order valence-electron chi connectivity index (χ3n) is 2.78. The first-order chi connectivity index (χ1) is 6.74. The molecule has 0 aliphatic heterocycles. The van der Waals surface area contributed by atoms with Crippen molar-refractivity contribution in [1.82, 2.24) is 0 Å². The molecule has 1 N–H and O–H groups in total. The van der Waals surface area contributed by atoms with Crippen LogP contribution in [0, 0.1) is 5.92 Å². The molecule has 1 fully saturated rings. The van der Waals surface area contributed by atoms with Crippen molar-refractivity contribution in [2.75, 3.05) is 6.61 Å². The molecule has 82 valence electrons. The maximum atomic E-state index is 11.5. The fraction of sp³-hybridized carbons (Fsp3) is 0.909. The highest BCUT2D eigenvalue weighted by Crippen LogP contribution is 2.23. The Hall–Kier alpha value is -0.570. The zero-order chi connectivity index (χ0) is 10.4. The number of rotatable bonds is 6. The Kier molecular flexibility index (Phi) is 4.94. The van der Waals surface area contributed by atoms with E-state index in [-0.39, 0.29) is 24.6 Å². The zero-order valence-corrected chi connectivity index (χ0v) is 8.87. The first-order valence-electron chi connectivity index (χ1n) is 5.55. The highest BCUT2D eigenvalue weighted by molar-refractivity contribution is 5.72. The van der Waals surface area contributed by atoms with Crippen LogP contribution in [0.15, 0.2) is 0 Å². The van der Waals surface area contributed by atoms with E-state index in [0.717, 1.165) is 32.1 Å². The minimum Gasteiger partial charge on any atom is -0.462 e. The van der Waals surface area contributed by atoms with Crippen LogP contribution in [0.5, 0.6) is 0 Å². The number of aliphatic hydroxyl groups excluding tert-OH is 1. The van der Waals surface area contributed by atoms with Crippen LogP contribution >= 0.6 is 0 Å². The number of aliphatic hydroxyl groups is 1. The van der Waals surface area contributed by atoms with E-state index in [2.05, 4.69) is 0 Å². The Morgan fingerprint density at radius 3 is 2.71 bits per heavy atom. The molecule has 1 saturated carbocycles. The van der Waals surface area contributed by atoms with E-state index in [9.17, 15) is 4.79 Å². The predicted molar refractivity (Wildman–Crippen MR) is 53.8 cm³/mol. The lowest BCUT2D eigenvalue weighted by atomic mass is 9.96. The first-order valence-corrected chi connectivity index (χ1v) is 5.55. The van der Waals surface area contributed by atoms with Crippen molar-refractivity contribution in [3.63, 3.8) is 0 Å². The average molecular weight is 200 g/mol. The Morgan fingerprint density at radius 1 is 1.50 bits per heavy atom. The predicted octanol–water partition coefficient (Wildman–Crippen LogP) is 1.88. The molecule has 1 aliphatic carbocycles. The van der Waals surface area contributed by atoms with E-state index < -0.39 is 0 Å². The molecule has 1 rings (SSSR count). The molecular weight excluding hydrogens is 180 g/mol. The van der Waals surface area contributed by atoms with Crippen molar-refractivity contribution in [2.24, 2.45) is 5.92 Å². The van der Waals surface area contributed by atoms with Gasteiger partial charge in [0.25, 0.3) is 0 Å². The van der Waals surface area contributed by atoms with Crippen molar-refractivity contribution >= 4 is 5.97 Å². The van der Waals surface area contributed by atoms with Gasteiger partial charge in [-0.05, 0) is 32.1 Å². The lowest BCUT2D eigenvalue weighted by Crippen LogP contribution is -2.28. The van der Waals surface area contributed by atoms with Gasteiger partial charge in [0, 0.05) is 6.61 Å². The number of hydrogen-bond donors (Lipinski definition) is 1. The van der Waals surface area contributed by atoms with Gasteiger partial charge in [-0.3, -0.25) is 4.79 Å². The Balaban J connectivity index is 2.08. The summed E-state index contributed by atoms with van der Waals surface area (Å²) >= 11 is 0. The van der Waals surface area contributed by atoms with Gasteiger partial charge in [-0.2, -0.15) is 0 Å². The molecule has 3 nitrogen and oxygen atoms in total. The van der Waals surface area contributed by atoms with E-state index in [0.29, 0.717) is 0 Å².